The molecule has 1 aromatic heterocycles. The summed E-state index contributed by atoms with van der Waals surface area (Å²) < 4.78 is 1.25. The third-order valence-corrected chi connectivity index (χ3v) is 6.02. The first kappa shape index (κ1) is 21.1. The molecule has 0 atom stereocenters. The molecule has 1 heterocycles. The lowest BCUT2D eigenvalue weighted by Gasteiger charge is -2.11. The number of hydrogen-bond acceptors (Lipinski definition) is 5. The number of aromatic nitrogens is 3. The van der Waals surface area contributed by atoms with Crippen molar-refractivity contribution in [3.8, 4) is 11.4 Å². The second-order valence-electron chi connectivity index (χ2n) is 5.69. The van der Waals surface area contributed by atoms with E-state index in [0.717, 1.165) is 17.3 Å². The predicted molar refractivity (Wildman–Crippen MR) is 116 cm³/mol. The highest BCUT2D eigenvalue weighted by Crippen LogP contribution is 2.33. The van der Waals surface area contributed by atoms with Crippen molar-refractivity contribution in [3.05, 3.63) is 56.0 Å². The van der Waals surface area contributed by atoms with Gasteiger partial charge in [-0.1, -0.05) is 64.2 Å². The normalized spacial score (nSPS) is 10.9. The summed E-state index contributed by atoms with van der Waals surface area (Å²) in [6.07, 6.45) is 0. The minimum Gasteiger partial charge on any atom is -0.335 e. The number of benzene rings is 2. The van der Waals surface area contributed by atoms with E-state index in [1.54, 1.807) is 30.3 Å². The van der Waals surface area contributed by atoms with Crippen LogP contribution in [-0.2, 0) is 4.79 Å². The van der Waals surface area contributed by atoms with Crippen molar-refractivity contribution in [3.63, 3.8) is 0 Å². The van der Waals surface area contributed by atoms with Crippen molar-refractivity contribution in [2.45, 2.75) is 12.1 Å². The molecule has 11 heteroatoms. The highest BCUT2D eigenvalue weighted by molar-refractivity contribution is 7.99. The maximum Gasteiger partial charge on any atom is 0.234 e. The number of amides is 1. The predicted octanol–water partition coefficient (Wildman–Crippen LogP) is 5.31. The number of aryl methyl sites for hydroxylation is 1. The Labute approximate surface area is 185 Å². The van der Waals surface area contributed by atoms with Gasteiger partial charge in [-0.15, -0.1) is 10.2 Å². The molecule has 0 saturated carbocycles. The number of thioether (sulfide) groups is 1. The van der Waals surface area contributed by atoms with Crippen LogP contribution in [0.15, 0.2) is 35.5 Å². The van der Waals surface area contributed by atoms with Crippen LogP contribution in [0.4, 0.5) is 5.69 Å². The number of nitrogens with zero attached hydrogens (tertiary/aromatic N) is 3. The monoisotopic (exact) mass is 475 g/mol. The maximum atomic E-state index is 12.3. The van der Waals surface area contributed by atoms with Gasteiger partial charge in [0.2, 0.25) is 11.1 Å². The Balaban J connectivity index is 1.72. The molecule has 3 aromatic rings. The van der Waals surface area contributed by atoms with Crippen LogP contribution < -0.4 is 11.2 Å². The van der Waals surface area contributed by atoms with Gasteiger partial charge >= 0.3 is 0 Å². The summed E-state index contributed by atoms with van der Waals surface area (Å²) in [7, 11) is 0. The number of carbonyl (C=O) groups is 1. The molecule has 3 rings (SSSR count). The summed E-state index contributed by atoms with van der Waals surface area (Å²) in [4.78, 5) is 12.3. The molecule has 0 spiro atoms. The van der Waals surface area contributed by atoms with E-state index < -0.39 is 0 Å². The zero-order chi connectivity index (χ0) is 20.4. The van der Waals surface area contributed by atoms with Crippen LogP contribution in [0.1, 0.15) is 5.56 Å². The molecule has 0 fully saturated rings. The second kappa shape index (κ2) is 8.80. The van der Waals surface area contributed by atoms with Crippen molar-refractivity contribution in [1.82, 2.24) is 14.9 Å². The smallest absolute Gasteiger partial charge is 0.234 e. The number of carbonyl (C=O) groups excluding carboxylic acids is 1. The minimum atomic E-state index is -0.315. The molecule has 0 unspecified atom stereocenters. The first-order chi connectivity index (χ1) is 13.3. The van der Waals surface area contributed by atoms with E-state index in [9.17, 15) is 4.79 Å². The van der Waals surface area contributed by atoms with Crippen LogP contribution in [0.5, 0.6) is 0 Å². The van der Waals surface area contributed by atoms with Gasteiger partial charge in [-0.05, 0) is 36.8 Å². The average Bonchev–Trinajstić information content (AvgIpc) is 3.02. The zero-order valence-electron chi connectivity index (χ0n) is 14.3. The highest BCUT2D eigenvalue weighted by Gasteiger charge is 2.17. The molecule has 0 radical (unpaired) electrons. The summed E-state index contributed by atoms with van der Waals surface area (Å²) in [5, 5.41) is 12.8. The number of nitrogens with two attached hydrogens (primary N) is 1. The molecule has 6 nitrogen and oxygen atoms in total. The maximum absolute atomic E-state index is 12.3. The van der Waals surface area contributed by atoms with Crippen LogP contribution in [0.2, 0.25) is 20.1 Å². The van der Waals surface area contributed by atoms with Gasteiger partial charge in [-0.3, -0.25) is 4.79 Å². The number of nitrogens with one attached hydrogen (secondary N) is 1. The summed E-state index contributed by atoms with van der Waals surface area (Å²) in [6, 6.07) is 8.38. The van der Waals surface area contributed by atoms with Crippen LogP contribution in [0, 0.1) is 6.92 Å². The van der Waals surface area contributed by atoms with Gasteiger partial charge in [0, 0.05) is 10.6 Å². The molecule has 0 bridgehead atoms. The summed E-state index contributed by atoms with van der Waals surface area (Å²) >= 11 is 25.6. The van der Waals surface area contributed by atoms with Crippen molar-refractivity contribution in [2.75, 3.05) is 16.9 Å². The van der Waals surface area contributed by atoms with Gasteiger partial charge in [0.05, 0.1) is 26.5 Å². The number of anilines is 1. The van der Waals surface area contributed by atoms with Crippen molar-refractivity contribution in [1.29, 1.82) is 0 Å². The van der Waals surface area contributed by atoms with E-state index in [1.807, 2.05) is 6.92 Å². The quantitative estimate of drug-likeness (QED) is 0.384. The molecule has 146 valence electrons. The van der Waals surface area contributed by atoms with Gasteiger partial charge in [0.25, 0.3) is 0 Å². The molecule has 0 saturated heterocycles. The Morgan fingerprint density at radius 3 is 2.61 bits per heavy atom. The standard InChI is InChI=1S/C17H13Cl4N5OS/c1-8-2-4-12(20)15(14(8)21)23-13(27)7-28-17-25-24-16(26(17)22)10-6-9(18)3-5-11(10)19/h2-6H,7,22H2,1H3,(H,23,27). The lowest BCUT2D eigenvalue weighted by molar-refractivity contribution is -0.113. The van der Waals surface area contributed by atoms with Gasteiger partial charge in [0.15, 0.2) is 5.82 Å². The van der Waals surface area contributed by atoms with Gasteiger partial charge in [-0.2, -0.15) is 0 Å². The lowest BCUT2D eigenvalue weighted by atomic mass is 10.2. The van der Waals surface area contributed by atoms with Crippen LogP contribution in [0.3, 0.4) is 0 Å². The van der Waals surface area contributed by atoms with E-state index in [1.165, 1.54) is 4.68 Å². The molecule has 0 aliphatic rings. The van der Waals surface area contributed by atoms with E-state index in [4.69, 9.17) is 52.2 Å². The zero-order valence-corrected chi connectivity index (χ0v) is 18.2. The molecule has 2 aromatic carbocycles. The fourth-order valence-corrected chi connectivity index (χ4v) is 3.80. The molecular weight excluding hydrogens is 464 g/mol. The summed E-state index contributed by atoms with van der Waals surface area (Å²) in [5.74, 6) is 6.10. The van der Waals surface area contributed by atoms with E-state index in [0.29, 0.717) is 42.3 Å². The van der Waals surface area contributed by atoms with Crippen molar-refractivity contribution < 1.29 is 4.79 Å². The van der Waals surface area contributed by atoms with E-state index in [-0.39, 0.29) is 11.7 Å². The SMILES string of the molecule is Cc1ccc(Cl)c(NC(=O)CSc2nnc(-c3cc(Cl)ccc3Cl)n2N)c1Cl. The highest BCUT2D eigenvalue weighted by atomic mass is 35.5. The molecular formula is C17H13Cl4N5OS. The average molecular weight is 477 g/mol. The van der Waals surface area contributed by atoms with Crippen molar-refractivity contribution in [2.24, 2.45) is 0 Å². The largest absolute Gasteiger partial charge is 0.335 e. The third kappa shape index (κ3) is 4.50. The number of halogens is 4. The van der Waals surface area contributed by atoms with Crippen molar-refractivity contribution >= 4 is 69.8 Å². The Hall–Kier alpha value is -1.64. The number of rotatable bonds is 5. The van der Waals surface area contributed by atoms with Crippen LogP contribution in [-0.4, -0.2) is 26.5 Å². The second-order valence-corrected chi connectivity index (χ2v) is 8.26. The molecule has 0 aliphatic heterocycles. The Bertz CT molecular complexity index is 1060. The Kier molecular flexibility index (Phi) is 6.62. The van der Waals surface area contributed by atoms with E-state index in [2.05, 4.69) is 15.5 Å². The first-order valence-electron chi connectivity index (χ1n) is 7.81. The summed E-state index contributed by atoms with van der Waals surface area (Å²) in [6.45, 7) is 1.82. The van der Waals surface area contributed by atoms with Crippen LogP contribution >= 0.6 is 58.2 Å². The molecule has 1 amide bonds. The van der Waals surface area contributed by atoms with Crippen LogP contribution in [0.25, 0.3) is 11.4 Å². The lowest BCUT2D eigenvalue weighted by Crippen LogP contribution is -2.17. The van der Waals surface area contributed by atoms with Gasteiger partial charge < -0.3 is 11.2 Å². The molecule has 0 aliphatic carbocycles. The third-order valence-electron chi connectivity index (χ3n) is 3.71. The fourth-order valence-electron chi connectivity index (χ4n) is 2.30. The minimum absolute atomic E-state index is 0.0270. The topological polar surface area (TPSA) is 85.8 Å². The van der Waals surface area contributed by atoms with Gasteiger partial charge in [0.1, 0.15) is 0 Å². The van der Waals surface area contributed by atoms with E-state index >= 15 is 0 Å². The Morgan fingerprint density at radius 1 is 1.14 bits per heavy atom. The molecule has 28 heavy (non-hydrogen) atoms. The number of nitrogen functional groups attached to an aromatic ring is 1. The molecule has 3 N–H and O–H groups in total. The number of hydrogen-bond donors (Lipinski definition) is 2. The fraction of sp³-hybridized carbons (Fsp3) is 0.118. The Morgan fingerprint density at radius 2 is 1.86 bits per heavy atom. The first-order valence-corrected chi connectivity index (χ1v) is 10.3. The summed E-state index contributed by atoms with van der Waals surface area (Å²) in [5.41, 5.74) is 1.71. The van der Waals surface area contributed by atoms with Gasteiger partial charge in [-0.25, -0.2) is 4.68 Å².